The monoisotopic (exact) mass is 435 g/mol. The Kier molecular flexibility index (Phi) is 9.20. The SMILES string of the molecule is CC(C)C(=O)N[C@H]1[C@H]([C@H](O)[C@H](O)CO)OC(C(=O)O)=C[C@H]1OCC=Cc1ccccc1. The minimum atomic E-state index is -1.67. The Morgan fingerprint density at radius 1 is 1.23 bits per heavy atom. The molecule has 0 bridgehead atoms. The summed E-state index contributed by atoms with van der Waals surface area (Å²) < 4.78 is 11.2. The van der Waals surface area contributed by atoms with Crippen LogP contribution in [-0.2, 0) is 19.1 Å². The minimum absolute atomic E-state index is 0.0857. The van der Waals surface area contributed by atoms with Gasteiger partial charge in [-0.15, -0.1) is 0 Å². The highest BCUT2D eigenvalue weighted by molar-refractivity contribution is 5.85. The van der Waals surface area contributed by atoms with E-state index in [-0.39, 0.29) is 12.5 Å². The first-order valence-electron chi connectivity index (χ1n) is 9.97. The zero-order valence-electron chi connectivity index (χ0n) is 17.4. The molecule has 9 heteroatoms. The van der Waals surface area contributed by atoms with Crippen LogP contribution in [0.25, 0.3) is 6.08 Å². The van der Waals surface area contributed by atoms with Crippen molar-refractivity contribution in [3.8, 4) is 0 Å². The molecule has 0 saturated carbocycles. The van der Waals surface area contributed by atoms with E-state index < -0.39 is 54.7 Å². The Bertz CT molecular complexity index is 792. The van der Waals surface area contributed by atoms with Gasteiger partial charge in [-0.05, 0) is 11.6 Å². The van der Waals surface area contributed by atoms with Crippen molar-refractivity contribution < 1.29 is 39.5 Å². The molecule has 0 spiro atoms. The zero-order chi connectivity index (χ0) is 23.0. The fourth-order valence-electron chi connectivity index (χ4n) is 2.99. The molecule has 0 unspecified atom stereocenters. The van der Waals surface area contributed by atoms with E-state index in [2.05, 4.69) is 5.32 Å². The van der Waals surface area contributed by atoms with Crippen molar-refractivity contribution in [1.29, 1.82) is 0 Å². The van der Waals surface area contributed by atoms with E-state index in [1.165, 1.54) is 6.08 Å². The quantitative estimate of drug-likeness (QED) is 0.353. The average molecular weight is 435 g/mol. The number of carboxylic acid groups (broad SMARTS) is 1. The van der Waals surface area contributed by atoms with Crippen molar-refractivity contribution in [1.82, 2.24) is 5.32 Å². The van der Waals surface area contributed by atoms with Crippen LogP contribution in [0.1, 0.15) is 19.4 Å². The summed E-state index contributed by atoms with van der Waals surface area (Å²) in [5, 5.41) is 41.6. The van der Waals surface area contributed by atoms with Crippen LogP contribution in [0.5, 0.6) is 0 Å². The summed E-state index contributed by atoms with van der Waals surface area (Å²) in [5.74, 6) is -2.65. The number of carboxylic acids is 1. The maximum absolute atomic E-state index is 12.3. The number of aliphatic carboxylic acids is 1. The summed E-state index contributed by atoms with van der Waals surface area (Å²) in [6, 6.07) is 8.47. The molecule has 5 atom stereocenters. The first-order valence-corrected chi connectivity index (χ1v) is 9.97. The van der Waals surface area contributed by atoms with Crippen molar-refractivity contribution in [3.05, 3.63) is 53.8 Å². The van der Waals surface area contributed by atoms with Gasteiger partial charge in [0.2, 0.25) is 11.7 Å². The van der Waals surface area contributed by atoms with Crippen LogP contribution in [-0.4, -0.2) is 76.0 Å². The second kappa shape index (κ2) is 11.6. The number of nitrogens with one attached hydrogen (secondary N) is 1. The van der Waals surface area contributed by atoms with E-state index >= 15 is 0 Å². The fourth-order valence-corrected chi connectivity index (χ4v) is 2.99. The van der Waals surface area contributed by atoms with Gasteiger partial charge in [0.1, 0.15) is 18.3 Å². The van der Waals surface area contributed by atoms with Gasteiger partial charge in [0.15, 0.2) is 6.10 Å². The van der Waals surface area contributed by atoms with Crippen molar-refractivity contribution in [2.24, 2.45) is 5.92 Å². The number of carbonyl (C=O) groups excluding carboxylic acids is 1. The topological polar surface area (TPSA) is 146 Å². The van der Waals surface area contributed by atoms with Crippen LogP contribution in [0.4, 0.5) is 0 Å². The van der Waals surface area contributed by atoms with Gasteiger partial charge in [-0.25, -0.2) is 4.79 Å². The van der Waals surface area contributed by atoms with E-state index in [0.717, 1.165) is 5.56 Å². The van der Waals surface area contributed by atoms with Gasteiger partial charge in [0, 0.05) is 5.92 Å². The van der Waals surface area contributed by atoms with Gasteiger partial charge in [0.05, 0.1) is 19.3 Å². The molecule has 0 radical (unpaired) electrons. The number of amides is 1. The van der Waals surface area contributed by atoms with Crippen LogP contribution >= 0.6 is 0 Å². The standard InChI is InChI=1S/C22H29NO8/c1-13(2)21(27)23-18-16(30-10-6-9-14-7-4-3-5-8-14)11-17(22(28)29)31-20(18)19(26)15(25)12-24/h3-9,11,13,15-16,18-20,24-26H,10,12H2,1-2H3,(H,23,27)(H,28,29)/t15-,16-,18-,19-,20-/m1/s1. The minimum Gasteiger partial charge on any atom is -0.478 e. The third kappa shape index (κ3) is 6.90. The van der Waals surface area contributed by atoms with Crippen molar-refractivity contribution in [3.63, 3.8) is 0 Å². The van der Waals surface area contributed by atoms with Gasteiger partial charge >= 0.3 is 5.97 Å². The Hall–Kier alpha value is -2.72. The third-order valence-corrected chi connectivity index (χ3v) is 4.74. The third-order valence-electron chi connectivity index (χ3n) is 4.74. The number of ether oxygens (including phenoxy) is 2. The molecule has 0 fully saturated rings. The molecule has 0 aliphatic carbocycles. The molecule has 2 rings (SSSR count). The van der Waals surface area contributed by atoms with Gasteiger partial charge in [-0.3, -0.25) is 4.79 Å². The number of hydrogen-bond acceptors (Lipinski definition) is 7. The molecule has 5 N–H and O–H groups in total. The summed E-state index contributed by atoms with van der Waals surface area (Å²) in [6.07, 6.45) is -0.832. The highest BCUT2D eigenvalue weighted by Gasteiger charge is 2.44. The van der Waals surface area contributed by atoms with Crippen LogP contribution in [0.2, 0.25) is 0 Å². The van der Waals surface area contributed by atoms with Gasteiger partial charge in [-0.1, -0.05) is 56.3 Å². The molecule has 9 nitrogen and oxygen atoms in total. The largest absolute Gasteiger partial charge is 0.478 e. The molecule has 0 aromatic heterocycles. The van der Waals surface area contributed by atoms with E-state index in [1.54, 1.807) is 19.9 Å². The number of carbonyl (C=O) groups is 2. The predicted molar refractivity (Wildman–Crippen MR) is 112 cm³/mol. The Morgan fingerprint density at radius 2 is 1.90 bits per heavy atom. The predicted octanol–water partition coefficient (Wildman–Crippen LogP) is 0.307. The molecule has 1 aromatic rings. The molecule has 31 heavy (non-hydrogen) atoms. The maximum atomic E-state index is 12.3. The lowest BCUT2D eigenvalue weighted by Gasteiger charge is -2.40. The Labute approximate surface area is 180 Å². The number of benzene rings is 1. The molecule has 1 heterocycles. The lowest BCUT2D eigenvalue weighted by Crippen LogP contribution is -2.61. The molecular weight excluding hydrogens is 406 g/mol. The zero-order valence-corrected chi connectivity index (χ0v) is 17.4. The van der Waals surface area contributed by atoms with Crippen molar-refractivity contribution >= 4 is 18.0 Å². The number of rotatable bonds is 10. The average Bonchev–Trinajstić information content (AvgIpc) is 2.76. The normalized spacial score (nSPS) is 23.2. The van der Waals surface area contributed by atoms with Crippen molar-refractivity contribution in [2.75, 3.05) is 13.2 Å². The molecule has 170 valence electrons. The lowest BCUT2D eigenvalue weighted by molar-refractivity contribution is -0.151. The Morgan fingerprint density at radius 3 is 2.48 bits per heavy atom. The van der Waals surface area contributed by atoms with Gasteiger partial charge in [0.25, 0.3) is 0 Å². The summed E-state index contributed by atoms with van der Waals surface area (Å²) in [4.78, 5) is 23.8. The molecule has 1 aliphatic rings. The molecule has 1 aliphatic heterocycles. The van der Waals surface area contributed by atoms with E-state index in [0.29, 0.717) is 0 Å². The lowest BCUT2D eigenvalue weighted by atomic mass is 9.93. The second-order valence-electron chi connectivity index (χ2n) is 7.46. The van der Waals surface area contributed by atoms with Crippen LogP contribution in [0, 0.1) is 5.92 Å². The Balaban J connectivity index is 2.26. The first-order chi connectivity index (χ1) is 14.7. The van der Waals surface area contributed by atoms with Crippen LogP contribution in [0.15, 0.2) is 48.2 Å². The highest BCUT2D eigenvalue weighted by atomic mass is 16.5. The number of aliphatic hydroxyl groups is 3. The van der Waals surface area contributed by atoms with Gasteiger partial charge in [-0.2, -0.15) is 0 Å². The highest BCUT2D eigenvalue weighted by Crippen LogP contribution is 2.25. The smallest absolute Gasteiger partial charge is 0.370 e. The second-order valence-corrected chi connectivity index (χ2v) is 7.46. The molecule has 1 amide bonds. The summed E-state index contributed by atoms with van der Waals surface area (Å²) >= 11 is 0. The van der Waals surface area contributed by atoms with Crippen molar-refractivity contribution in [2.45, 2.75) is 44.3 Å². The molecule has 0 saturated heterocycles. The number of hydrogen-bond donors (Lipinski definition) is 5. The van der Waals surface area contributed by atoms with E-state index in [9.17, 15) is 30.0 Å². The van der Waals surface area contributed by atoms with E-state index in [1.807, 2.05) is 36.4 Å². The van der Waals surface area contributed by atoms with Gasteiger partial charge < -0.3 is 35.2 Å². The first kappa shape index (κ1) is 24.5. The summed E-state index contributed by atoms with van der Waals surface area (Å²) in [6.45, 7) is 2.65. The summed E-state index contributed by atoms with van der Waals surface area (Å²) in [5.41, 5.74) is 0.948. The molecule has 1 aromatic carbocycles. The molecular formula is C22H29NO8. The summed E-state index contributed by atoms with van der Waals surface area (Å²) in [7, 11) is 0. The maximum Gasteiger partial charge on any atom is 0.370 e. The van der Waals surface area contributed by atoms with E-state index in [4.69, 9.17) is 9.47 Å². The van der Waals surface area contributed by atoms with Crippen LogP contribution in [0.3, 0.4) is 0 Å². The van der Waals surface area contributed by atoms with Crippen LogP contribution < -0.4 is 5.32 Å². The fraction of sp³-hybridized carbons (Fsp3) is 0.455. The number of aliphatic hydroxyl groups excluding tert-OH is 3.